The Bertz CT molecular complexity index is 1240. The molecular formula is C26H25F3N2O6. The van der Waals surface area contributed by atoms with E-state index in [1.807, 2.05) is 47.4 Å². The summed E-state index contributed by atoms with van der Waals surface area (Å²) in [5, 5.41) is 16.9. The molecule has 3 aromatic rings. The number of amides is 1. The van der Waals surface area contributed by atoms with Gasteiger partial charge in [0.2, 0.25) is 0 Å². The number of alkyl halides is 3. The SMILES string of the molecule is O=C(COc1ccc2ccccc2c1)N1CCN(Cc2ccccc2C(F)(F)F)CC1.O=C(O)C(=O)O. The van der Waals surface area contributed by atoms with Crippen LogP contribution in [0.15, 0.2) is 66.7 Å². The molecule has 11 heteroatoms. The van der Waals surface area contributed by atoms with Crippen LogP contribution in [0.2, 0.25) is 0 Å². The van der Waals surface area contributed by atoms with Gasteiger partial charge in [0.1, 0.15) is 5.75 Å². The van der Waals surface area contributed by atoms with Crippen molar-refractivity contribution >= 4 is 28.6 Å². The van der Waals surface area contributed by atoms with Crippen LogP contribution in [0, 0.1) is 0 Å². The summed E-state index contributed by atoms with van der Waals surface area (Å²) in [7, 11) is 0. The molecule has 1 heterocycles. The Morgan fingerprint density at radius 3 is 2.03 bits per heavy atom. The molecule has 0 radical (unpaired) electrons. The zero-order valence-corrected chi connectivity index (χ0v) is 19.6. The Morgan fingerprint density at radius 1 is 0.811 bits per heavy atom. The molecule has 0 aromatic heterocycles. The van der Waals surface area contributed by atoms with Crippen LogP contribution >= 0.6 is 0 Å². The Labute approximate surface area is 210 Å². The van der Waals surface area contributed by atoms with Crippen LogP contribution < -0.4 is 4.74 Å². The molecule has 4 rings (SSSR count). The molecule has 0 bridgehead atoms. The fourth-order valence-electron chi connectivity index (χ4n) is 3.82. The largest absolute Gasteiger partial charge is 0.484 e. The number of halogens is 3. The first-order valence-electron chi connectivity index (χ1n) is 11.3. The Balaban J connectivity index is 0.000000568. The van der Waals surface area contributed by atoms with Crippen molar-refractivity contribution in [3.63, 3.8) is 0 Å². The van der Waals surface area contributed by atoms with Gasteiger partial charge in [-0.2, -0.15) is 13.2 Å². The second-order valence-electron chi connectivity index (χ2n) is 8.22. The minimum atomic E-state index is -4.37. The minimum absolute atomic E-state index is 0.0603. The second-order valence-corrected chi connectivity index (χ2v) is 8.22. The van der Waals surface area contributed by atoms with Gasteiger partial charge in [-0.1, -0.05) is 48.5 Å². The van der Waals surface area contributed by atoms with Gasteiger partial charge in [0.25, 0.3) is 5.91 Å². The monoisotopic (exact) mass is 518 g/mol. The molecule has 1 amide bonds. The molecule has 1 aliphatic heterocycles. The Hall–Kier alpha value is -4.12. The number of carboxylic acids is 2. The molecule has 1 aliphatic rings. The minimum Gasteiger partial charge on any atom is -0.484 e. The number of hydrogen-bond acceptors (Lipinski definition) is 5. The number of benzene rings is 3. The van der Waals surface area contributed by atoms with Crippen LogP contribution in [-0.2, 0) is 27.1 Å². The van der Waals surface area contributed by atoms with E-state index < -0.39 is 23.7 Å². The van der Waals surface area contributed by atoms with Crippen molar-refractivity contribution in [2.75, 3.05) is 32.8 Å². The number of aliphatic carboxylic acids is 2. The van der Waals surface area contributed by atoms with Gasteiger partial charge in [-0.25, -0.2) is 9.59 Å². The van der Waals surface area contributed by atoms with Crippen molar-refractivity contribution in [2.45, 2.75) is 12.7 Å². The molecular weight excluding hydrogens is 493 g/mol. The van der Waals surface area contributed by atoms with E-state index in [4.69, 9.17) is 24.5 Å². The van der Waals surface area contributed by atoms with Gasteiger partial charge < -0.3 is 19.8 Å². The maximum Gasteiger partial charge on any atom is 0.416 e. The molecule has 0 spiro atoms. The third-order valence-corrected chi connectivity index (χ3v) is 5.71. The number of fused-ring (bicyclic) bond motifs is 1. The van der Waals surface area contributed by atoms with Crippen LogP contribution in [0.25, 0.3) is 10.8 Å². The predicted octanol–water partition coefficient (Wildman–Crippen LogP) is 3.74. The normalized spacial score (nSPS) is 14.0. The highest BCUT2D eigenvalue weighted by Crippen LogP contribution is 2.32. The maximum absolute atomic E-state index is 13.2. The molecule has 0 aliphatic carbocycles. The lowest BCUT2D eigenvalue weighted by molar-refractivity contribution is -0.159. The molecule has 0 atom stereocenters. The Kier molecular flexibility index (Phi) is 9.07. The van der Waals surface area contributed by atoms with Gasteiger partial charge in [0.15, 0.2) is 6.61 Å². The van der Waals surface area contributed by atoms with Crippen molar-refractivity contribution < 1.29 is 42.5 Å². The first-order valence-corrected chi connectivity index (χ1v) is 11.3. The molecule has 8 nitrogen and oxygen atoms in total. The van der Waals surface area contributed by atoms with E-state index in [1.54, 1.807) is 11.0 Å². The Morgan fingerprint density at radius 2 is 1.41 bits per heavy atom. The fourth-order valence-corrected chi connectivity index (χ4v) is 3.82. The summed E-state index contributed by atoms with van der Waals surface area (Å²) in [6, 6.07) is 19.2. The quantitative estimate of drug-likeness (QED) is 0.496. The number of carboxylic acid groups (broad SMARTS) is 2. The molecule has 0 unspecified atom stereocenters. The average molecular weight is 518 g/mol. The zero-order valence-electron chi connectivity index (χ0n) is 19.6. The summed E-state index contributed by atoms with van der Waals surface area (Å²) in [5.41, 5.74) is -0.341. The molecule has 1 fully saturated rings. The van der Waals surface area contributed by atoms with Gasteiger partial charge in [0.05, 0.1) is 5.56 Å². The third-order valence-electron chi connectivity index (χ3n) is 5.71. The summed E-state index contributed by atoms with van der Waals surface area (Å²) in [4.78, 5) is 34.4. The second kappa shape index (κ2) is 12.2. The van der Waals surface area contributed by atoms with Crippen molar-refractivity contribution in [3.05, 3.63) is 77.9 Å². The molecule has 37 heavy (non-hydrogen) atoms. The summed E-state index contributed by atoms with van der Waals surface area (Å²) in [6.07, 6.45) is -4.37. The first kappa shape index (κ1) is 27.5. The average Bonchev–Trinajstić information content (AvgIpc) is 2.87. The summed E-state index contributed by atoms with van der Waals surface area (Å²) < 4.78 is 45.3. The lowest BCUT2D eigenvalue weighted by Crippen LogP contribution is -2.49. The molecule has 2 N–H and O–H groups in total. The number of carbonyl (C=O) groups is 3. The van der Waals surface area contributed by atoms with Gasteiger partial charge >= 0.3 is 18.1 Å². The number of carbonyl (C=O) groups excluding carboxylic acids is 1. The van der Waals surface area contributed by atoms with Gasteiger partial charge in [0, 0.05) is 32.7 Å². The van der Waals surface area contributed by atoms with Gasteiger partial charge in [-0.3, -0.25) is 9.69 Å². The van der Waals surface area contributed by atoms with E-state index in [0.717, 1.165) is 16.8 Å². The van der Waals surface area contributed by atoms with E-state index in [-0.39, 0.29) is 24.6 Å². The van der Waals surface area contributed by atoms with Crippen LogP contribution in [0.3, 0.4) is 0 Å². The summed E-state index contributed by atoms with van der Waals surface area (Å²) >= 11 is 0. The molecule has 3 aromatic carbocycles. The van der Waals surface area contributed by atoms with Crippen LogP contribution in [0.4, 0.5) is 13.2 Å². The standard InChI is InChI=1S/C24H23F3N2O2.C2H2O4/c25-24(26,27)22-8-4-3-7-20(22)16-28-11-13-29(14-12-28)23(30)17-31-21-10-9-18-5-1-2-6-19(18)15-21;3-1(4)2(5)6/h1-10,15H,11-14,16-17H2;(H,3,4)(H,5,6). The van der Waals surface area contributed by atoms with Crippen molar-refractivity contribution in [1.82, 2.24) is 9.80 Å². The lowest BCUT2D eigenvalue weighted by atomic mass is 10.1. The van der Waals surface area contributed by atoms with Crippen LogP contribution in [0.5, 0.6) is 5.75 Å². The van der Waals surface area contributed by atoms with Gasteiger partial charge in [-0.05, 0) is 34.5 Å². The van der Waals surface area contributed by atoms with Crippen LogP contribution in [-0.4, -0.2) is 70.6 Å². The van der Waals surface area contributed by atoms with Crippen molar-refractivity contribution in [2.24, 2.45) is 0 Å². The van der Waals surface area contributed by atoms with Crippen molar-refractivity contribution in [3.8, 4) is 5.75 Å². The number of nitrogens with zero attached hydrogens (tertiary/aromatic N) is 2. The first-order chi connectivity index (χ1) is 17.5. The van der Waals surface area contributed by atoms with Gasteiger partial charge in [-0.15, -0.1) is 0 Å². The smallest absolute Gasteiger partial charge is 0.416 e. The van der Waals surface area contributed by atoms with Crippen molar-refractivity contribution in [1.29, 1.82) is 0 Å². The lowest BCUT2D eigenvalue weighted by Gasteiger charge is -2.35. The van der Waals surface area contributed by atoms with Crippen LogP contribution in [0.1, 0.15) is 11.1 Å². The number of rotatable bonds is 5. The topological polar surface area (TPSA) is 107 Å². The highest BCUT2D eigenvalue weighted by atomic mass is 19.4. The number of ether oxygens (including phenoxy) is 1. The molecule has 196 valence electrons. The zero-order chi connectivity index (χ0) is 27.0. The summed E-state index contributed by atoms with van der Waals surface area (Å²) in [6.45, 7) is 2.13. The number of piperazine rings is 1. The van der Waals surface area contributed by atoms with E-state index in [2.05, 4.69) is 0 Å². The fraction of sp³-hybridized carbons (Fsp3) is 0.269. The molecule has 1 saturated heterocycles. The number of hydrogen-bond donors (Lipinski definition) is 2. The van der Waals surface area contributed by atoms with E-state index in [9.17, 15) is 18.0 Å². The predicted molar refractivity (Wildman–Crippen MR) is 128 cm³/mol. The third kappa shape index (κ3) is 7.94. The van der Waals surface area contributed by atoms with E-state index >= 15 is 0 Å². The van der Waals surface area contributed by atoms with E-state index in [0.29, 0.717) is 31.9 Å². The molecule has 0 saturated carbocycles. The summed E-state index contributed by atoms with van der Waals surface area (Å²) in [5.74, 6) is -3.14. The van der Waals surface area contributed by atoms with E-state index in [1.165, 1.54) is 12.1 Å². The maximum atomic E-state index is 13.2. The highest BCUT2D eigenvalue weighted by molar-refractivity contribution is 6.27. The highest BCUT2D eigenvalue weighted by Gasteiger charge is 2.33.